The van der Waals surface area contributed by atoms with Crippen LogP contribution >= 0.6 is 20.1 Å². The van der Waals surface area contributed by atoms with Gasteiger partial charge in [-0.1, -0.05) is 0 Å². The van der Waals surface area contributed by atoms with Crippen LogP contribution in [0.4, 0.5) is 0 Å². The van der Waals surface area contributed by atoms with Crippen molar-refractivity contribution < 1.29 is 0 Å². The Bertz CT molecular complexity index is 73.7. The van der Waals surface area contributed by atoms with Crippen LogP contribution in [-0.2, 0) is 0 Å². The molecule has 0 unspecified atom stereocenters. The predicted molar refractivity (Wildman–Crippen MR) is 56.5 cm³/mol. The van der Waals surface area contributed by atoms with Gasteiger partial charge in [0.15, 0.2) is 0 Å². The molecule has 0 radical (unpaired) electrons. The summed E-state index contributed by atoms with van der Waals surface area (Å²) in [5.41, 5.74) is 0. The molecule has 0 spiro atoms. The van der Waals surface area contributed by atoms with Gasteiger partial charge in [0.25, 0.3) is 0 Å². The van der Waals surface area contributed by atoms with Crippen molar-refractivity contribution in [3.05, 3.63) is 0 Å². The summed E-state index contributed by atoms with van der Waals surface area (Å²) in [7, 11) is 4.13. The SMILES string of the molecule is CC(C)CI(C)NN(C)C. The number of hydrogen-bond acceptors (Lipinski definition) is 2. The fraction of sp³-hybridized carbons (Fsp3) is 1.00. The van der Waals surface area contributed by atoms with Gasteiger partial charge in [0.2, 0.25) is 0 Å². The molecule has 0 amide bonds. The maximum absolute atomic E-state index is 3.46. The minimum atomic E-state index is -0.800. The van der Waals surface area contributed by atoms with Gasteiger partial charge in [-0.3, -0.25) is 0 Å². The number of rotatable bonds is 4. The van der Waals surface area contributed by atoms with E-state index >= 15 is 0 Å². The minimum absolute atomic E-state index is 0.800. The van der Waals surface area contributed by atoms with E-state index in [9.17, 15) is 0 Å². The predicted octanol–water partition coefficient (Wildman–Crippen LogP) is 1.76. The summed E-state index contributed by atoms with van der Waals surface area (Å²) in [6.45, 7) is 4.57. The molecule has 1 N–H and O–H groups in total. The molecule has 3 heteroatoms. The summed E-state index contributed by atoms with van der Waals surface area (Å²) in [5, 5.41) is 2.08. The van der Waals surface area contributed by atoms with Crippen LogP contribution in [0, 0.1) is 5.92 Å². The van der Waals surface area contributed by atoms with Gasteiger partial charge in [0, 0.05) is 0 Å². The number of nitrogens with one attached hydrogen (secondary N) is 1. The fourth-order valence-electron chi connectivity index (χ4n) is 0.786. The molecule has 0 aromatic carbocycles. The Balaban J connectivity index is 3.34. The number of nitrogens with zero attached hydrogens (tertiary/aromatic N) is 1. The quantitative estimate of drug-likeness (QED) is 0.358. The van der Waals surface area contributed by atoms with E-state index in [1.54, 1.807) is 0 Å². The number of alkyl halides is 2. The molecule has 0 aliphatic carbocycles. The molecule has 0 rings (SSSR count). The molecule has 0 aliphatic heterocycles. The van der Waals surface area contributed by atoms with E-state index in [2.05, 4.69) is 41.5 Å². The summed E-state index contributed by atoms with van der Waals surface area (Å²) < 4.78 is 4.86. The van der Waals surface area contributed by atoms with Gasteiger partial charge in [0.05, 0.1) is 0 Å². The average Bonchev–Trinajstić information content (AvgIpc) is 1.58. The third-order valence-electron chi connectivity index (χ3n) is 0.853. The van der Waals surface area contributed by atoms with Gasteiger partial charge in [0.1, 0.15) is 0 Å². The van der Waals surface area contributed by atoms with Gasteiger partial charge >= 0.3 is 72.0 Å². The summed E-state index contributed by atoms with van der Waals surface area (Å²) in [6.07, 6.45) is 0. The van der Waals surface area contributed by atoms with Crippen molar-refractivity contribution in [2.24, 2.45) is 5.92 Å². The third kappa shape index (κ3) is 6.77. The molecule has 0 fully saturated rings. The van der Waals surface area contributed by atoms with E-state index in [1.165, 1.54) is 4.43 Å². The van der Waals surface area contributed by atoms with Crippen molar-refractivity contribution in [3.8, 4) is 0 Å². The summed E-state index contributed by atoms with van der Waals surface area (Å²) in [5.74, 6) is 0.850. The fourth-order valence-corrected chi connectivity index (χ4v) is 5.27. The van der Waals surface area contributed by atoms with Gasteiger partial charge in [-0.25, -0.2) is 0 Å². The molecule has 2 nitrogen and oxygen atoms in total. The maximum atomic E-state index is 3.46. The zero-order valence-corrected chi connectivity index (χ0v) is 9.77. The Kier molecular flexibility index (Phi) is 5.67. The Morgan fingerprint density at radius 1 is 1.40 bits per heavy atom. The van der Waals surface area contributed by atoms with Gasteiger partial charge in [-0.05, 0) is 0 Å². The van der Waals surface area contributed by atoms with E-state index < -0.39 is 20.1 Å². The van der Waals surface area contributed by atoms with E-state index in [-0.39, 0.29) is 0 Å². The normalized spacial score (nSPS) is 12.9. The van der Waals surface area contributed by atoms with Crippen LogP contribution in [-0.4, -0.2) is 28.5 Å². The zero-order valence-electron chi connectivity index (χ0n) is 7.61. The molecule has 64 valence electrons. The number of hydrogen-bond donors (Lipinski definition) is 1. The molecule has 0 heterocycles. The van der Waals surface area contributed by atoms with Crippen LogP contribution in [0.15, 0.2) is 0 Å². The van der Waals surface area contributed by atoms with Crippen molar-refractivity contribution in [1.82, 2.24) is 8.65 Å². The van der Waals surface area contributed by atoms with Crippen LogP contribution in [0.25, 0.3) is 0 Å². The van der Waals surface area contributed by atoms with E-state index in [1.807, 2.05) is 0 Å². The summed E-state index contributed by atoms with van der Waals surface area (Å²) in [6, 6.07) is 0. The molecule has 0 saturated heterocycles. The van der Waals surface area contributed by atoms with Crippen LogP contribution in [0.1, 0.15) is 13.8 Å². The Hall–Kier alpha value is 0.650. The zero-order chi connectivity index (χ0) is 8.15. The van der Waals surface area contributed by atoms with Gasteiger partial charge in [-0.2, -0.15) is 0 Å². The van der Waals surface area contributed by atoms with Crippen LogP contribution in [0.5, 0.6) is 0 Å². The molecule has 0 bridgehead atoms. The van der Waals surface area contributed by atoms with Crippen molar-refractivity contribution in [2.45, 2.75) is 13.8 Å². The first kappa shape index (κ1) is 10.7. The number of halogens is 1. The second-order valence-corrected chi connectivity index (χ2v) is 7.85. The Morgan fingerprint density at radius 2 is 1.90 bits per heavy atom. The Morgan fingerprint density at radius 3 is 2.20 bits per heavy atom. The van der Waals surface area contributed by atoms with Gasteiger partial charge < -0.3 is 0 Å². The average molecular weight is 258 g/mol. The van der Waals surface area contributed by atoms with E-state index in [0.717, 1.165) is 5.92 Å². The second-order valence-electron chi connectivity index (χ2n) is 3.12. The summed E-state index contributed by atoms with van der Waals surface area (Å²) >= 11 is -0.800. The molecule has 0 aliphatic rings. The molecule has 10 heavy (non-hydrogen) atoms. The third-order valence-corrected chi connectivity index (χ3v) is 5.72. The van der Waals surface area contributed by atoms with Crippen LogP contribution in [0.2, 0.25) is 0 Å². The van der Waals surface area contributed by atoms with Crippen LogP contribution < -0.4 is 3.64 Å². The van der Waals surface area contributed by atoms with Gasteiger partial charge in [-0.15, -0.1) is 0 Å². The van der Waals surface area contributed by atoms with Crippen molar-refractivity contribution in [1.29, 1.82) is 0 Å². The van der Waals surface area contributed by atoms with E-state index in [4.69, 9.17) is 0 Å². The standard InChI is InChI=1S/C7H19IN2/c1-7(2)6-8(3)9-10(4)5/h7,9H,6H2,1-5H3. The second kappa shape index (κ2) is 5.32. The topological polar surface area (TPSA) is 15.3 Å². The number of hydrazine groups is 1. The molecule has 0 aromatic heterocycles. The van der Waals surface area contributed by atoms with Crippen molar-refractivity contribution >= 4 is 20.1 Å². The van der Waals surface area contributed by atoms with Crippen molar-refractivity contribution in [3.63, 3.8) is 0 Å². The molecular formula is C7H19IN2. The van der Waals surface area contributed by atoms with Crippen molar-refractivity contribution in [2.75, 3.05) is 23.5 Å². The first-order valence-electron chi connectivity index (χ1n) is 3.52. The summed E-state index contributed by atoms with van der Waals surface area (Å²) in [4.78, 5) is 2.37. The first-order valence-corrected chi connectivity index (χ1v) is 8.28. The van der Waals surface area contributed by atoms with E-state index in [0.29, 0.717) is 0 Å². The molecule has 0 atom stereocenters. The molecular weight excluding hydrogens is 239 g/mol. The first-order chi connectivity index (χ1) is 4.52. The molecule has 0 aromatic rings. The van der Waals surface area contributed by atoms with Crippen LogP contribution in [0.3, 0.4) is 0 Å². The Labute approximate surface area is 72.1 Å². The molecule has 0 saturated carbocycles. The monoisotopic (exact) mass is 258 g/mol.